The van der Waals surface area contributed by atoms with Gasteiger partial charge in [0.25, 0.3) is 0 Å². The summed E-state index contributed by atoms with van der Waals surface area (Å²) in [7, 11) is -3.35. The number of rotatable bonds is 3. The molecule has 0 radical (unpaired) electrons. The average Bonchev–Trinajstić information content (AvgIpc) is 2.70. The second-order valence-electron chi connectivity index (χ2n) is 4.72. The van der Waals surface area contributed by atoms with E-state index in [1.807, 2.05) is 37.3 Å². The average molecular weight is 266 g/mol. The lowest BCUT2D eigenvalue weighted by Crippen LogP contribution is -2.31. The van der Waals surface area contributed by atoms with Crippen molar-refractivity contribution < 1.29 is 8.42 Å². The van der Waals surface area contributed by atoms with Gasteiger partial charge in [-0.3, -0.25) is 0 Å². The summed E-state index contributed by atoms with van der Waals surface area (Å²) < 4.78 is 25.6. The molecule has 0 aliphatic carbocycles. The smallest absolute Gasteiger partial charge is 0.236 e. The molecule has 1 heterocycles. The molecule has 1 aliphatic heterocycles. The molecule has 2 rings (SSSR count). The summed E-state index contributed by atoms with van der Waals surface area (Å²) in [5.41, 5.74) is 6.72. The summed E-state index contributed by atoms with van der Waals surface area (Å²) in [6, 6.07) is 9.31. The van der Waals surface area contributed by atoms with Gasteiger partial charge in [-0.15, -0.1) is 0 Å². The molecule has 1 aromatic carbocycles. The highest BCUT2D eigenvalue weighted by atomic mass is 32.2. The minimum atomic E-state index is -3.35. The Bertz CT molecular complexity index is 515. The zero-order chi connectivity index (χ0) is 13.2. The molecule has 4 nitrogen and oxygen atoms in total. The normalized spacial score (nSPS) is 25.9. The van der Waals surface area contributed by atoms with E-state index in [2.05, 4.69) is 0 Å². The van der Waals surface area contributed by atoms with Gasteiger partial charge in [0, 0.05) is 24.5 Å². The molecule has 1 aromatic rings. The maximum Gasteiger partial charge on any atom is 0.236 e. The highest BCUT2D eigenvalue weighted by Gasteiger charge is 2.32. The van der Waals surface area contributed by atoms with Crippen LogP contribution in [-0.4, -0.2) is 31.9 Å². The number of hydrogen-bond acceptors (Lipinski definition) is 3. The fourth-order valence-corrected chi connectivity index (χ4v) is 3.29. The Kier molecular flexibility index (Phi) is 3.85. The van der Waals surface area contributed by atoms with E-state index >= 15 is 0 Å². The number of nitrogens with two attached hydrogens (primary N) is 1. The molecule has 2 N–H and O–H groups in total. The molecule has 2 atom stereocenters. The van der Waals surface area contributed by atoms with Crippen LogP contribution in [0.5, 0.6) is 0 Å². The van der Waals surface area contributed by atoms with Crippen molar-refractivity contribution in [2.45, 2.75) is 13.0 Å². The lowest BCUT2D eigenvalue weighted by molar-refractivity contribution is 0.472. The van der Waals surface area contributed by atoms with E-state index in [0.717, 1.165) is 5.56 Å². The molecule has 0 aromatic heterocycles. The predicted octanol–water partition coefficient (Wildman–Crippen LogP) is 1.27. The minimum Gasteiger partial charge on any atom is -0.326 e. The Labute approximate surface area is 108 Å². The van der Waals surface area contributed by atoms with Gasteiger partial charge in [0.2, 0.25) is 10.0 Å². The van der Waals surface area contributed by atoms with Crippen molar-refractivity contribution in [2.24, 2.45) is 11.7 Å². The van der Waals surface area contributed by atoms with E-state index in [-0.39, 0.29) is 12.0 Å². The molecule has 2 unspecified atom stereocenters. The highest BCUT2D eigenvalue weighted by molar-refractivity contribution is 7.92. The van der Waals surface area contributed by atoms with Gasteiger partial charge < -0.3 is 5.73 Å². The van der Waals surface area contributed by atoms with Crippen LogP contribution in [-0.2, 0) is 10.0 Å². The molecule has 18 heavy (non-hydrogen) atoms. The zero-order valence-corrected chi connectivity index (χ0v) is 11.2. The van der Waals surface area contributed by atoms with Crippen molar-refractivity contribution in [3.05, 3.63) is 41.3 Å². The first-order valence-electron chi connectivity index (χ1n) is 5.98. The fraction of sp³-hybridized carbons (Fsp3) is 0.385. The Morgan fingerprint density at radius 1 is 1.28 bits per heavy atom. The second-order valence-corrected chi connectivity index (χ2v) is 6.54. The first-order chi connectivity index (χ1) is 8.49. The van der Waals surface area contributed by atoms with Gasteiger partial charge in [-0.1, -0.05) is 37.3 Å². The molecule has 0 bridgehead atoms. The summed E-state index contributed by atoms with van der Waals surface area (Å²) >= 11 is 0. The molecular weight excluding hydrogens is 248 g/mol. The lowest BCUT2D eigenvalue weighted by atomic mass is 10.1. The Morgan fingerprint density at radius 3 is 2.50 bits per heavy atom. The zero-order valence-electron chi connectivity index (χ0n) is 10.4. The predicted molar refractivity (Wildman–Crippen MR) is 73.1 cm³/mol. The third kappa shape index (κ3) is 2.98. The van der Waals surface area contributed by atoms with Crippen LogP contribution < -0.4 is 5.73 Å². The standard InChI is InChI=1S/C13H18N2O2S/c1-11-9-15(10-13(11)14)18(16,17)8-7-12-5-3-2-4-6-12/h2-8,11,13H,9-10,14H2,1H3/b8-7+. The molecule has 0 spiro atoms. The number of nitrogens with zero attached hydrogens (tertiary/aromatic N) is 1. The summed E-state index contributed by atoms with van der Waals surface area (Å²) in [5.74, 6) is 0.213. The van der Waals surface area contributed by atoms with Crippen molar-refractivity contribution in [1.29, 1.82) is 0 Å². The fourth-order valence-electron chi connectivity index (χ4n) is 1.97. The lowest BCUT2D eigenvalue weighted by Gasteiger charge is -2.12. The van der Waals surface area contributed by atoms with Gasteiger partial charge in [0.15, 0.2) is 0 Å². The van der Waals surface area contributed by atoms with Crippen molar-refractivity contribution in [3.8, 4) is 0 Å². The van der Waals surface area contributed by atoms with Crippen LogP contribution in [0.3, 0.4) is 0 Å². The van der Waals surface area contributed by atoms with Gasteiger partial charge in [-0.25, -0.2) is 8.42 Å². The largest absolute Gasteiger partial charge is 0.326 e. The van der Waals surface area contributed by atoms with E-state index in [0.29, 0.717) is 13.1 Å². The Balaban J connectivity index is 2.11. The van der Waals surface area contributed by atoms with Crippen molar-refractivity contribution in [1.82, 2.24) is 4.31 Å². The Morgan fingerprint density at radius 2 is 1.94 bits per heavy atom. The summed E-state index contributed by atoms with van der Waals surface area (Å²) in [4.78, 5) is 0. The van der Waals surface area contributed by atoms with Crippen molar-refractivity contribution >= 4 is 16.1 Å². The summed E-state index contributed by atoms with van der Waals surface area (Å²) in [6.45, 7) is 2.88. The molecule has 1 aliphatic rings. The summed E-state index contributed by atoms with van der Waals surface area (Å²) in [6.07, 6.45) is 1.61. The maximum atomic E-state index is 12.1. The Hall–Kier alpha value is -1.17. The van der Waals surface area contributed by atoms with Crippen molar-refractivity contribution in [2.75, 3.05) is 13.1 Å². The van der Waals surface area contributed by atoms with Crippen LogP contribution in [0.2, 0.25) is 0 Å². The van der Waals surface area contributed by atoms with Gasteiger partial charge in [-0.2, -0.15) is 4.31 Å². The van der Waals surface area contributed by atoms with E-state index in [4.69, 9.17) is 5.73 Å². The van der Waals surface area contributed by atoms with Gasteiger partial charge in [-0.05, 0) is 17.6 Å². The molecule has 1 saturated heterocycles. The molecule has 1 fully saturated rings. The minimum absolute atomic E-state index is 0.0649. The quantitative estimate of drug-likeness (QED) is 0.896. The monoisotopic (exact) mass is 266 g/mol. The number of hydrogen-bond donors (Lipinski definition) is 1. The van der Waals surface area contributed by atoms with E-state index < -0.39 is 10.0 Å². The third-order valence-corrected chi connectivity index (χ3v) is 4.73. The third-order valence-electron chi connectivity index (χ3n) is 3.23. The number of benzene rings is 1. The van der Waals surface area contributed by atoms with E-state index in [1.54, 1.807) is 6.08 Å². The van der Waals surface area contributed by atoms with Crippen LogP contribution in [0.15, 0.2) is 35.7 Å². The SMILES string of the molecule is CC1CN(S(=O)(=O)/C=C/c2ccccc2)CC1N. The number of sulfonamides is 1. The van der Waals surface area contributed by atoms with E-state index in [1.165, 1.54) is 9.71 Å². The molecular formula is C13H18N2O2S. The first kappa shape index (κ1) is 13.3. The van der Waals surface area contributed by atoms with Gasteiger partial charge in [0.05, 0.1) is 0 Å². The second kappa shape index (κ2) is 5.22. The molecule has 98 valence electrons. The van der Waals surface area contributed by atoms with Crippen molar-refractivity contribution in [3.63, 3.8) is 0 Å². The van der Waals surface area contributed by atoms with Gasteiger partial charge in [0.1, 0.15) is 0 Å². The van der Waals surface area contributed by atoms with Crippen LogP contribution in [0.4, 0.5) is 0 Å². The molecule has 5 heteroatoms. The maximum absolute atomic E-state index is 12.1. The first-order valence-corrected chi connectivity index (χ1v) is 7.48. The van der Waals surface area contributed by atoms with Gasteiger partial charge >= 0.3 is 0 Å². The highest BCUT2D eigenvalue weighted by Crippen LogP contribution is 2.19. The van der Waals surface area contributed by atoms with Crippen LogP contribution in [0.25, 0.3) is 6.08 Å². The van der Waals surface area contributed by atoms with Crippen LogP contribution in [0.1, 0.15) is 12.5 Å². The van der Waals surface area contributed by atoms with Crippen LogP contribution >= 0.6 is 0 Å². The van der Waals surface area contributed by atoms with Crippen LogP contribution in [0, 0.1) is 5.92 Å². The molecule has 0 amide bonds. The molecule has 0 saturated carbocycles. The van der Waals surface area contributed by atoms with E-state index in [9.17, 15) is 8.42 Å². The summed E-state index contributed by atoms with van der Waals surface area (Å²) in [5, 5.41) is 1.26. The topological polar surface area (TPSA) is 63.4 Å².